The minimum Gasteiger partial charge on any atom is -0.466 e. The highest BCUT2D eigenvalue weighted by atomic mass is 32.2. The van der Waals surface area contributed by atoms with E-state index in [2.05, 4.69) is 15.3 Å². The second-order valence-electron chi connectivity index (χ2n) is 7.47. The highest BCUT2D eigenvalue weighted by Crippen LogP contribution is 2.22. The molecule has 0 aliphatic rings. The van der Waals surface area contributed by atoms with Crippen molar-refractivity contribution in [1.29, 1.82) is 0 Å². The molecule has 11 heteroatoms. The van der Waals surface area contributed by atoms with Gasteiger partial charge in [-0.25, -0.2) is 14.8 Å². The molecule has 1 amide bonds. The minimum atomic E-state index is -0.489. The summed E-state index contributed by atoms with van der Waals surface area (Å²) in [6, 6.07) is 0. The molecule has 0 spiro atoms. The van der Waals surface area contributed by atoms with Gasteiger partial charge in [0.2, 0.25) is 5.91 Å². The number of aromatic nitrogens is 4. The van der Waals surface area contributed by atoms with Crippen molar-refractivity contribution in [3.05, 3.63) is 26.7 Å². The van der Waals surface area contributed by atoms with Crippen molar-refractivity contribution in [3.63, 3.8) is 0 Å². The SMILES string of the molecule is CCOC(=O)CCCNC(=O)CSc1nc(C)nc2c1c(=O)n(C)c(=O)n2CC(C)C. The summed E-state index contributed by atoms with van der Waals surface area (Å²) in [7, 11) is 1.42. The number of esters is 1. The monoisotopic (exact) mass is 451 g/mol. The van der Waals surface area contributed by atoms with Gasteiger partial charge in [-0.3, -0.25) is 23.5 Å². The summed E-state index contributed by atoms with van der Waals surface area (Å²) in [6.45, 7) is 8.45. The highest BCUT2D eigenvalue weighted by molar-refractivity contribution is 8.00. The molecule has 0 aliphatic heterocycles. The van der Waals surface area contributed by atoms with Gasteiger partial charge in [-0.1, -0.05) is 25.6 Å². The summed E-state index contributed by atoms with van der Waals surface area (Å²) in [4.78, 5) is 57.6. The smallest absolute Gasteiger partial charge is 0.332 e. The van der Waals surface area contributed by atoms with E-state index in [0.717, 1.165) is 16.3 Å². The van der Waals surface area contributed by atoms with E-state index in [-0.39, 0.29) is 41.0 Å². The molecular formula is C20H29N5O5S. The van der Waals surface area contributed by atoms with Crippen LogP contribution in [-0.4, -0.2) is 49.9 Å². The number of hydrogen-bond acceptors (Lipinski definition) is 8. The number of aryl methyl sites for hydroxylation is 1. The number of carbonyl (C=O) groups is 2. The lowest BCUT2D eigenvalue weighted by atomic mass is 10.2. The van der Waals surface area contributed by atoms with Crippen LogP contribution in [0.15, 0.2) is 14.6 Å². The van der Waals surface area contributed by atoms with E-state index >= 15 is 0 Å². The zero-order valence-electron chi connectivity index (χ0n) is 18.6. The first-order chi connectivity index (χ1) is 14.6. The molecule has 2 heterocycles. The van der Waals surface area contributed by atoms with Gasteiger partial charge in [-0.15, -0.1) is 0 Å². The predicted molar refractivity (Wildman–Crippen MR) is 118 cm³/mol. The summed E-state index contributed by atoms with van der Waals surface area (Å²) in [5.74, 6) is 0.0837. The number of thioether (sulfide) groups is 1. The third-order valence-electron chi connectivity index (χ3n) is 4.33. The molecule has 2 aromatic rings. The molecule has 10 nitrogen and oxygen atoms in total. The summed E-state index contributed by atoms with van der Waals surface area (Å²) >= 11 is 1.12. The van der Waals surface area contributed by atoms with Crippen molar-refractivity contribution in [3.8, 4) is 0 Å². The Morgan fingerprint density at radius 1 is 1.23 bits per heavy atom. The van der Waals surface area contributed by atoms with Crippen LogP contribution in [0.2, 0.25) is 0 Å². The molecule has 0 atom stereocenters. The first-order valence-electron chi connectivity index (χ1n) is 10.2. The number of carbonyl (C=O) groups excluding carboxylic acids is 2. The van der Waals surface area contributed by atoms with Crippen molar-refractivity contribution in [2.75, 3.05) is 18.9 Å². The normalized spacial score (nSPS) is 11.2. The van der Waals surface area contributed by atoms with Crippen molar-refractivity contribution in [2.45, 2.75) is 52.1 Å². The molecule has 31 heavy (non-hydrogen) atoms. The van der Waals surface area contributed by atoms with Crippen LogP contribution in [-0.2, 0) is 27.9 Å². The number of nitrogens with one attached hydrogen (secondary N) is 1. The molecule has 0 bridgehead atoms. The Morgan fingerprint density at radius 2 is 1.94 bits per heavy atom. The highest BCUT2D eigenvalue weighted by Gasteiger charge is 2.19. The molecular weight excluding hydrogens is 422 g/mol. The van der Waals surface area contributed by atoms with Gasteiger partial charge in [0.1, 0.15) is 16.2 Å². The van der Waals surface area contributed by atoms with E-state index in [9.17, 15) is 19.2 Å². The average Bonchev–Trinajstić information content (AvgIpc) is 2.70. The first kappa shape index (κ1) is 24.6. The molecule has 170 valence electrons. The molecule has 0 unspecified atom stereocenters. The van der Waals surface area contributed by atoms with Crippen LogP contribution >= 0.6 is 11.8 Å². The maximum absolute atomic E-state index is 12.8. The number of fused-ring (bicyclic) bond motifs is 1. The van der Waals surface area contributed by atoms with Gasteiger partial charge >= 0.3 is 11.7 Å². The van der Waals surface area contributed by atoms with Crippen LogP contribution in [0.1, 0.15) is 39.4 Å². The van der Waals surface area contributed by atoms with E-state index < -0.39 is 11.2 Å². The van der Waals surface area contributed by atoms with Gasteiger partial charge in [0.05, 0.1) is 12.4 Å². The fourth-order valence-corrected chi connectivity index (χ4v) is 3.84. The number of amides is 1. The standard InChI is InChI=1S/C20H29N5O5S/c1-6-30-15(27)8-7-9-21-14(26)11-31-18-16-17(22-13(4)23-18)25(10-12(2)3)20(29)24(5)19(16)28/h12H,6-11H2,1-5H3,(H,21,26). The maximum atomic E-state index is 12.8. The van der Waals surface area contributed by atoms with E-state index in [1.165, 1.54) is 11.6 Å². The predicted octanol–water partition coefficient (Wildman–Crippen LogP) is 1.01. The molecule has 0 fully saturated rings. The van der Waals surface area contributed by atoms with Crippen LogP contribution < -0.4 is 16.6 Å². The second kappa shape index (κ2) is 11.1. The molecule has 1 N–H and O–H groups in total. The number of ether oxygens (including phenoxy) is 1. The lowest BCUT2D eigenvalue weighted by Gasteiger charge is -2.15. The fourth-order valence-electron chi connectivity index (χ4n) is 2.95. The zero-order chi connectivity index (χ0) is 23.1. The van der Waals surface area contributed by atoms with Gasteiger partial charge < -0.3 is 10.1 Å². The second-order valence-corrected chi connectivity index (χ2v) is 8.44. The van der Waals surface area contributed by atoms with Gasteiger partial charge in [-0.05, 0) is 26.2 Å². The molecule has 0 radical (unpaired) electrons. The Bertz CT molecular complexity index is 1080. The molecule has 0 aliphatic carbocycles. The largest absolute Gasteiger partial charge is 0.466 e. The van der Waals surface area contributed by atoms with Crippen LogP contribution in [0.3, 0.4) is 0 Å². The number of rotatable bonds is 10. The van der Waals surface area contributed by atoms with Crippen LogP contribution in [0.5, 0.6) is 0 Å². The Balaban J connectivity index is 2.20. The Hall–Kier alpha value is -2.69. The fraction of sp³-hybridized carbons (Fsp3) is 0.600. The van der Waals surface area contributed by atoms with Gasteiger partial charge in [0, 0.05) is 26.6 Å². The van der Waals surface area contributed by atoms with E-state index in [4.69, 9.17) is 4.74 Å². The molecule has 0 saturated heterocycles. The summed E-state index contributed by atoms with van der Waals surface area (Å²) in [6.07, 6.45) is 0.716. The lowest BCUT2D eigenvalue weighted by molar-refractivity contribution is -0.143. The third-order valence-corrected chi connectivity index (χ3v) is 5.31. The Kier molecular flexibility index (Phi) is 8.78. The number of hydrogen-bond donors (Lipinski definition) is 1. The Labute approximate surface area is 184 Å². The lowest BCUT2D eigenvalue weighted by Crippen LogP contribution is -2.39. The van der Waals surface area contributed by atoms with Gasteiger partial charge in [-0.2, -0.15) is 0 Å². The molecule has 2 rings (SSSR count). The first-order valence-corrected chi connectivity index (χ1v) is 11.2. The number of nitrogens with zero attached hydrogens (tertiary/aromatic N) is 4. The summed E-state index contributed by atoms with van der Waals surface area (Å²) in [5, 5.41) is 3.33. The van der Waals surface area contributed by atoms with E-state index in [1.807, 2.05) is 13.8 Å². The van der Waals surface area contributed by atoms with Gasteiger partial charge in [0.25, 0.3) is 5.56 Å². The van der Waals surface area contributed by atoms with E-state index in [0.29, 0.717) is 37.0 Å². The summed E-state index contributed by atoms with van der Waals surface area (Å²) in [5.41, 5.74) is -0.636. The van der Waals surface area contributed by atoms with Crippen LogP contribution in [0, 0.1) is 12.8 Å². The molecule has 0 aromatic carbocycles. The third kappa shape index (κ3) is 6.39. The van der Waals surface area contributed by atoms with E-state index in [1.54, 1.807) is 13.8 Å². The van der Waals surface area contributed by atoms with Crippen molar-refractivity contribution in [2.24, 2.45) is 13.0 Å². The minimum absolute atomic E-state index is 0.0391. The average molecular weight is 452 g/mol. The summed E-state index contributed by atoms with van der Waals surface area (Å²) < 4.78 is 7.37. The van der Waals surface area contributed by atoms with Crippen LogP contribution in [0.4, 0.5) is 0 Å². The zero-order valence-corrected chi connectivity index (χ0v) is 19.4. The topological polar surface area (TPSA) is 125 Å². The quantitative estimate of drug-likeness (QED) is 0.246. The van der Waals surface area contributed by atoms with Crippen molar-refractivity contribution >= 4 is 34.7 Å². The van der Waals surface area contributed by atoms with Crippen molar-refractivity contribution < 1.29 is 14.3 Å². The van der Waals surface area contributed by atoms with Crippen LogP contribution in [0.25, 0.3) is 11.0 Å². The Morgan fingerprint density at radius 3 is 2.58 bits per heavy atom. The molecule has 2 aromatic heterocycles. The van der Waals surface area contributed by atoms with Gasteiger partial charge in [0.15, 0.2) is 5.65 Å². The maximum Gasteiger partial charge on any atom is 0.332 e. The van der Waals surface area contributed by atoms with Crippen molar-refractivity contribution in [1.82, 2.24) is 24.4 Å². The molecule has 0 saturated carbocycles.